The van der Waals surface area contributed by atoms with Crippen LogP contribution in [0.3, 0.4) is 0 Å². The van der Waals surface area contributed by atoms with Crippen LogP contribution in [0.5, 0.6) is 0 Å². The third-order valence-corrected chi connectivity index (χ3v) is 2.26. The van der Waals surface area contributed by atoms with Gasteiger partial charge in [0, 0.05) is 6.42 Å². The van der Waals surface area contributed by atoms with E-state index in [2.05, 4.69) is 0 Å². The first-order valence-electron chi connectivity index (χ1n) is 5.46. The molecule has 0 amide bonds. The molecule has 0 fully saturated rings. The number of nitrogens with zero attached hydrogens (tertiary/aromatic N) is 1. The van der Waals surface area contributed by atoms with Gasteiger partial charge in [-0.15, -0.1) is 0 Å². The standard InChI is InChI=1S/C11H19NO6/c1-12(2,3)7-11(18,6-10(16)17)8(13)4-5-9(14)15/h18H,4-7H2,1-3H3,(H-,14,15,16,17)/p+1. The van der Waals surface area contributed by atoms with Crippen LogP contribution in [0.25, 0.3) is 0 Å². The first-order chi connectivity index (χ1) is 7.96. The molecule has 0 aromatic heterocycles. The van der Waals surface area contributed by atoms with Crippen molar-refractivity contribution in [3.05, 3.63) is 0 Å². The maximum absolute atomic E-state index is 11.8. The number of carboxylic acid groups (broad SMARTS) is 2. The first-order valence-corrected chi connectivity index (χ1v) is 5.46. The summed E-state index contributed by atoms with van der Waals surface area (Å²) in [4.78, 5) is 32.9. The zero-order valence-corrected chi connectivity index (χ0v) is 10.8. The van der Waals surface area contributed by atoms with Crippen LogP contribution in [-0.4, -0.2) is 70.8 Å². The van der Waals surface area contributed by atoms with Gasteiger partial charge in [-0.2, -0.15) is 0 Å². The minimum atomic E-state index is -2.03. The van der Waals surface area contributed by atoms with E-state index in [1.165, 1.54) is 0 Å². The number of ketones is 1. The second-order valence-corrected chi connectivity index (χ2v) is 5.37. The Morgan fingerprint density at radius 1 is 1.00 bits per heavy atom. The van der Waals surface area contributed by atoms with Crippen molar-refractivity contribution in [3.8, 4) is 0 Å². The first kappa shape index (κ1) is 16.5. The number of hydrogen-bond acceptors (Lipinski definition) is 4. The van der Waals surface area contributed by atoms with E-state index in [4.69, 9.17) is 10.2 Å². The molecule has 0 rings (SSSR count). The average molecular weight is 262 g/mol. The molecule has 0 radical (unpaired) electrons. The summed E-state index contributed by atoms with van der Waals surface area (Å²) in [6, 6.07) is 0. The number of quaternary nitrogens is 1. The molecule has 1 atom stereocenters. The Hall–Kier alpha value is -1.47. The molecular weight excluding hydrogens is 242 g/mol. The minimum absolute atomic E-state index is 0.0856. The van der Waals surface area contributed by atoms with Crippen LogP contribution >= 0.6 is 0 Å². The predicted octanol–water partition coefficient (Wildman–Crippen LogP) is -0.668. The van der Waals surface area contributed by atoms with Crippen molar-refractivity contribution in [1.82, 2.24) is 0 Å². The summed E-state index contributed by atoms with van der Waals surface area (Å²) in [6.07, 6.45) is -1.52. The highest BCUT2D eigenvalue weighted by molar-refractivity contribution is 5.92. The Morgan fingerprint density at radius 3 is 1.83 bits per heavy atom. The second-order valence-electron chi connectivity index (χ2n) is 5.37. The molecule has 1 unspecified atom stereocenters. The Bertz CT molecular complexity index is 346. The Labute approximate surface area is 105 Å². The highest BCUT2D eigenvalue weighted by Gasteiger charge is 2.42. The van der Waals surface area contributed by atoms with Gasteiger partial charge in [-0.3, -0.25) is 14.4 Å². The molecule has 0 spiro atoms. The Kier molecular flexibility index (Phi) is 5.44. The number of likely N-dealkylation sites (N-methyl/N-ethyl adjacent to an activating group) is 1. The molecule has 0 heterocycles. The van der Waals surface area contributed by atoms with Gasteiger partial charge in [0.15, 0.2) is 11.4 Å². The van der Waals surface area contributed by atoms with Crippen molar-refractivity contribution in [2.75, 3.05) is 27.7 Å². The fraction of sp³-hybridized carbons (Fsp3) is 0.727. The molecule has 0 bridgehead atoms. The summed E-state index contributed by atoms with van der Waals surface area (Å²) in [5.74, 6) is -3.21. The molecule has 0 aliphatic heterocycles. The molecular formula is C11H20NO6+. The van der Waals surface area contributed by atoms with Crippen LogP contribution in [0.1, 0.15) is 19.3 Å². The van der Waals surface area contributed by atoms with Crippen molar-refractivity contribution in [2.45, 2.75) is 24.9 Å². The highest BCUT2D eigenvalue weighted by atomic mass is 16.4. The van der Waals surface area contributed by atoms with Gasteiger partial charge in [-0.05, 0) is 0 Å². The number of aliphatic hydroxyl groups is 1. The van der Waals surface area contributed by atoms with Crippen molar-refractivity contribution < 1.29 is 34.2 Å². The van der Waals surface area contributed by atoms with E-state index in [1.807, 2.05) is 0 Å². The Balaban J connectivity index is 4.90. The van der Waals surface area contributed by atoms with E-state index in [0.29, 0.717) is 0 Å². The fourth-order valence-corrected chi connectivity index (χ4v) is 1.73. The molecule has 7 nitrogen and oxygen atoms in total. The van der Waals surface area contributed by atoms with Gasteiger partial charge in [0.1, 0.15) is 6.54 Å². The molecule has 0 aromatic rings. The lowest BCUT2D eigenvalue weighted by atomic mass is 9.90. The average Bonchev–Trinajstić information content (AvgIpc) is 2.09. The maximum Gasteiger partial charge on any atom is 0.306 e. The molecule has 18 heavy (non-hydrogen) atoms. The second kappa shape index (κ2) is 5.92. The van der Waals surface area contributed by atoms with Crippen molar-refractivity contribution in [1.29, 1.82) is 0 Å². The van der Waals surface area contributed by atoms with Gasteiger partial charge in [0.05, 0.1) is 34.0 Å². The van der Waals surface area contributed by atoms with Crippen LogP contribution in [0, 0.1) is 0 Å². The molecule has 7 heteroatoms. The van der Waals surface area contributed by atoms with Crippen molar-refractivity contribution >= 4 is 17.7 Å². The van der Waals surface area contributed by atoms with Gasteiger partial charge in [0.2, 0.25) is 0 Å². The van der Waals surface area contributed by atoms with Crippen LogP contribution < -0.4 is 0 Å². The summed E-state index contributed by atoms with van der Waals surface area (Å²) in [5, 5.41) is 27.4. The van der Waals surface area contributed by atoms with Gasteiger partial charge in [0.25, 0.3) is 0 Å². The van der Waals surface area contributed by atoms with Crippen LogP contribution in [-0.2, 0) is 14.4 Å². The molecule has 0 saturated carbocycles. The smallest absolute Gasteiger partial charge is 0.306 e. The zero-order valence-electron chi connectivity index (χ0n) is 10.8. The summed E-state index contributed by atoms with van der Waals surface area (Å²) >= 11 is 0. The lowest BCUT2D eigenvalue weighted by Gasteiger charge is -2.33. The fourth-order valence-electron chi connectivity index (χ4n) is 1.73. The summed E-state index contributed by atoms with van der Waals surface area (Å²) in [5.41, 5.74) is -2.03. The number of aliphatic carboxylic acids is 2. The number of hydrogen-bond donors (Lipinski definition) is 3. The monoisotopic (exact) mass is 262 g/mol. The molecule has 3 N–H and O–H groups in total. The van der Waals surface area contributed by atoms with E-state index >= 15 is 0 Å². The van der Waals surface area contributed by atoms with E-state index < -0.39 is 36.2 Å². The van der Waals surface area contributed by atoms with Crippen LogP contribution in [0.4, 0.5) is 0 Å². The van der Waals surface area contributed by atoms with Crippen LogP contribution in [0.15, 0.2) is 0 Å². The van der Waals surface area contributed by atoms with Gasteiger partial charge in [-0.25, -0.2) is 0 Å². The molecule has 0 aliphatic carbocycles. The summed E-state index contributed by atoms with van der Waals surface area (Å²) in [7, 11) is 5.12. The van der Waals surface area contributed by atoms with Crippen LogP contribution in [0.2, 0.25) is 0 Å². The van der Waals surface area contributed by atoms with E-state index in [9.17, 15) is 19.5 Å². The minimum Gasteiger partial charge on any atom is -0.481 e. The number of rotatable bonds is 8. The normalized spacial score (nSPS) is 14.9. The lowest BCUT2D eigenvalue weighted by molar-refractivity contribution is -0.875. The van der Waals surface area contributed by atoms with Crippen molar-refractivity contribution in [3.63, 3.8) is 0 Å². The topological polar surface area (TPSA) is 112 Å². The zero-order chi connectivity index (χ0) is 14.6. The van der Waals surface area contributed by atoms with Gasteiger partial charge in [-0.1, -0.05) is 0 Å². The molecule has 0 saturated heterocycles. The largest absolute Gasteiger partial charge is 0.481 e. The SMILES string of the molecule is C[N+](C)(C)CC(O)(CC(=O)O)C(=O)CCC(=O)O. The summed E-state index contributed by atoms with van der Waals surface area (Å²) < 4.78 is 0.197. The predicted molar refractivity (Wildman–Crippen MR) is 62.0 cm³/mol. The molecule has 0 aliphatic rings. The number of carboxylic acids is 2. The quantitative estimate of drug-likeness (QED) is 0.500. The molecule has 104 valence electrons. The lowest BCUT2D eigenvalue weighted by Crippen LogP contribution is -2.54. The van der Waals surface area contributed by atoms with Gasteiger partial charge >= 0.3 is 11.9 Å². The van der Waals surface area contributed by atoms with E-state index in [-0.39, 0.29) is 17.4 Å². The third kappa shape index (κ3) is 6.31. The summed E-state index contributed by atoms with van der Waals surface area (Å²) in [6.45, 7) is -0.0856. The van der Waals surface area contributed by atoms with Crippen molar-refractivity contribution in [2.24, 2.45) is 0 Å². The number of carbonyl (C=O) groups excluding carboxylic acids is 1. The number of carbonyl (C=O) groups is 3. The molecule has 0 aromatic carbocycles. The maximum atomic E-state index is 11.8. The number of Topliss-reactive ketones (excluding diaryl/α,β-unsaturated/α-hetero) is 1. The van der Waals surface area contributed by atoms with Gasteiger partial charge < -0.3 is 19.8 Å². The third-order valence-electron chi connectivity index (χ3n) is 2.26. The highest BCUT2D eigenvalue weighted by Crippen LogP contribution is 2.18. The van der Waals surface area contributed by atoms with E-state index in [1.54, 1.807) is 21.1 Å². The Morgan fingerprint density at radius 2 is 1.50 bits per heavy atom. The van der Waals surface area contributed by atoms with E-state index in [0.717, 1.165) is 0 Å².